The van der Waals surface area contributed by atoms with Crippen LogP contribution in [0, 0.1) is 0 Å². The van der Waals surface area contributed by atoms with Gasteiger partial charge in [-0.1, -0.05) is 56.6 Å². The van der Waals surface area contributed by atoms with Crippen molar-refractivity contribution in [3.8, 4) is 0 Å². The third kappa shape index (κ3) is 5.43. The highest BCUT2D eigenvalue weighted by Crippen LogP contribution is 2.37. The van der Waals surface area contributed by atoms with Gasteiger partial charge in [0.05, 0.1) is 11.2 Å². The van der Waals surface area contributed by atoms with Crippen LogP contribution in [0.15, 0.2) is 88.0 Å². The zero-order chi connectivity index (χ0) is 22.8. The van der Waals surface area contributed by atoms with Gasteiger partial charge >= 0.3 is 7.12 Å². The Morgan fingerprint density at radius 1 is 0.903 bits per heavy atom. The van der Waals surface area contributed by atoms with Crippen molar-refractivity contribution in [2.75, 3.05) is 4.90 Å². The highest BCUT2D eigenvalue weighted by atomic mass is 79.9. The molecule has 31 heavy (non-hydrogen) atoms. The minimum atomic E-state index is -0.372. The van der Waals surface area contributed by atoms with Crippen LogP contribution in [0.25, 0.3) is 0 Å². The predicted octanol–water partition coefficient (Wildman–Crippen LogP) is 7.26. The van der Waals surface area contributed by atoms with E-state index in [-0.39, 0.29) is 18.3 Å². The Balaban J connectivity index is 1.95. The molecule has 6 heteroatoms. The molecule has 0 saturated carbocycles. The van der Waals surface area contributed by atoms with Gasteiger partial charge in [-0.25, -0.2) is 0 Å². The molecule has 0 aromatic heterocycles. The maximum atomic E-state index is 6.20. The van der Waals surface area contributed by atoms with E-state index < -0.39 is 0 Å². The molecule has 162 valence electrons. The van der Waals surface area contributed by atoms with Gasteiger partial charge < -0.3 is 14.2 Å². The standard InChI is InChI=1S/C25H28BBr2NO2/c1-7-20(27)11-8-18(2)29(23-16-12-21(28)13-17-23)22-14-9-19(10-15-22)26-30-24(3,4)25(5,6)31-26/h7-17H,1H2,2-6H3/b18-8+,20-11+. The van der Waals surface area contributed by atoms with Crippen molar-refractivity contribution in [2.45, 2.75) is 45.8 Å². The first-order valence-corrected chi connectivity index (χ1v) is 11.8. The monoisotopic (exact) mass is 543 g/mol. The van der Waals surface area contributed by atoms with E-state index in [0.29, 0.717) is 0 Å². The number of halogens is 2. The molecule has 1 aliphatic heterocycles. The quantitative estimate of drug-likeness (QED) is 0.282. The predicted molar refractivity (Wildman–Crippen MR) is 139 cm³/mol. The van der Waals surface area contributed by atoms with Gasteiger partial charge in [-0.2, -0.15) is 0 Å². The molecule has 0 atom stereocenters. The van der Waals surface area contributed by atoms with Crippen LogP contribution in [-0.4, -0.2) is 18.3 Å². The summed E-state index contributed by atoms with van der Waals surface area (Å²) in [5, 5.41) is 0. The molecule has 0 N–H and O–H groups in total. The van der Waals surface area contributed by atoms with Gasteiger partial charge in [-0.15, -0.1) is 0 Å². The van der Waals surface area contributed by atoms with Crippen LogP contribution in [0.3, 0.4) is 0 Å². The molecule has 2 aromatic carbocycles. The number of rotatable bonds is 6. The summed E-state index contributed by atoms with van der Waals surface area (Å²) >= 11 is 7.01. The largest absolute Gasteiger partial charge is 0.494 e. The van der Waals surface area contributed by atoms with Crippen LogP contribution in [0.5, 0.6) is 0 Å². The second-order valence-electron chi connectivity index (χ2n) is 8.56. The number of anilines is 2. The molecule has 1 aliphatic rings. The highest BCUT2D eigenvalue weighted by Gasteiger charge is 2.51. The van der Waals surface area contributed by atoms with Crippen molar-refractivity contribution in [3.05, 3.63) is 88.0 Å². The van der Waals surface area contributed by atoms with E-state index in [9.17, 15) is 0 Å². The molecule has 0 amide bonds. The van der Waals surface area contributed by atoms with E-state index in [0.717, 1.165) is 31.5 Å². The lowest BCUT2D eigenvalue weighted by Crippen LogP contribution is -2.41. The molecule has 0 bridgehead atoms. The van der Waals surface area contributed by atoms with Crippen LogP contribution >= 0.6 is 31.9 Å². The first-order valence-electron chi connectivity index (χ1n) is 10.2. The van der Waals surface area contributed by atoms with Crippen molar-refractivity contribution >= 4 is 55.8 Å². The topological polar surface area (TPSA) is 21.7 Å². The van der Waals surface area contributed by atoms with Gasteiger partial charge in [0.2, 0.25) is 0 Å². The molecular weight excluding hydrogens is 517 g/mol. The normalized spacial score (nSPS) is 18.2. The summed E-state index contributed by atoms with van der Waals surface area (Å²) in [5.74, 6) is 0. The van der Waals surface area contributed by atoms with Gasteiger partial charge in [-0.3, -0.25) is 0 Å². The molecule has 0 aliphatic carbocycles. The zero-order valence-corrected chi connectivity index (χ0v) is 21.8. The summed E-state index contributed by atoms with van der Waals surface area (Å²) in [6.45, 7) is 14.2. The Morgan fingerprint density at radius 3 is 1.87 bits per heavy atom. The third-order valence-electron chi connectivity index (χ3n) is 5.79. The number of nitrogens with zero attached hydrogens (tertiary/aromatic N) is 1. The van der Waals surface area contributed by atoms with Crippen molar-refractivity contribution in [1.82, 2.24) is 0 Å². The van der Waals surface area contributed by atoms with Crippen molar-refractivity contribution in [1.29, 1.82) is 0 Å². The molecule has 0 unspecified atom stereocenters. The van der Waals surface area contributed by atoms with Gasteiger partial charge in [0, 0.05) is 26.0 Å². The van der Waals surface area contributed by atoms with Gasteiger partial charge in [0.25, 0.3) is 0 Å². The maximum Gasteiger partial charge on any atom is 0.494 e. The van der Waals surface area contributed by atoms with Gasteiger partial charge in [-0.05, 0) is 88.6 Å². The number of allylic oxidation sites excluding steroid dienone is 5. The first-order chi connectivity index (χ1) is 14.5. The Bertz CT molecular complexity index is 979. The SMILES string of the molecule is C=C/C(Br)=C\C=C(/C)N(c1ccc(Br)cc1)c1ccc(B2OC(C)(C)C(C)(C)O2)cc1. The number of benzene rings is 2. The minimum absolute atomic E-state index is 0.357. The van der Waals surface area contributed by atoms with E-state index in [4.69, 9.17) is 9.31 Å². The lowest BCUT2D eigenvalue weighted by Gasteiger charge is -2.32. The summed E-state index contributed by atoms with van der Waals surface area (Å²) in [7, 11) is -0.372. The fourth-order valence-electron chi connectivity index (χ4n) is 3.25. The lowest BCUT2D eigenvalue weighted by atomic mass is 9.79. The highest BCUT2D eigenvalue weighted by molar-refractivity contribution is 9.12. The van der Waals surface area contributed by atoms with E-state index >= 15 is 0 Å². The minimum Gasteiger partial charge on any atom is -0.399 e. The average molecular weight is 545 g/mol. The van der Waals surface area contributed by atoms with Gasteiger partial charge in [0.1, 0.15) is 0 Å². The van der Waals surface area contributed by atoms with E-state index in [1.165, 1.54) is 0 Å². The summed E-state index contributed by atoms with van der Waals surface area (Å²) in [5.41, 5.74) is 3.50. The summed E-state index contributed by atoms with van der Waals surface area (Å²) in [6.07, 6.45) is 5.83. The molecule has 1 heterocycles. The average Bonchev–Trinajstić information content (AvgIpc) is 2.95. The smallest absolute Gasteiger partial charge is 0.399 e. The molecule has 0 radical (unpaired) electrons. The van der Waals surface area contributed by atoms with Crippen LogP contribution < -0.4 is 10.4 Å². The number of hydrogen-bond acceptors (Lipinski definition) is 3. The van der Waals surface area contributed by atoms with Crippen LogP contribution in [0.4, 0.5) is 11.4 Å². The van der Waals surface area contributed by atoms with Crippen molar-refractivity contribution in [3.63, 3.8) is 0 Å². The summed E-state index contributed by atoms with van der Waals surface area (Å²) in [6, 6.07) is 16.6. The maximum absolute atomic E-state index is 6.20. The molecule has 0 spiro atoms. The molecule has 2 aromatic rings. The fourth-order valence-corrected chi connectivity index (χ4v) is 3.65. The van der Waals surface area contributed by atoms with Gasteiger partial charge in [0.15, 0.2) is 0 Å². The Kier molecular flexibility index (Phi) is 7.37. The Labute approximate surface area is 203 Å². The first kappa shape index (κ1) is 24.1. The van der Waals surface area contributed by atoms with Crippen LogP contribution in [0.1, 0.15) is 34.6 Å². The third-order valence-corrected chi connectivity index (χ3v) is 6.91. The number of hydrogen-bond donors (Lipinski definition) is 0. The van der Waals surface area contributed by atoms with Crippen molar-refractivity contribution in [2.24, 2.45) is 0 Å². The molecular formula is C25H28BBr2NO2. The second kappa shape index (κ2) is 9.49. The summed E-state index contributed by atoms with van der Waals surface area (Å²) < 4.78 is 14.4. The molecule has 1 saturated heterocycles. The second-order valence-corrected chi connectivity index (χ2v) is 10.4. The summed E-state index contributed by atoms with van der Waals surface area (Å²) in [4.78, 5) is 2.21. The van der Waals surface area contributed by atoms with E-state index in [1.54, 1.807) is 6.08 Å². The Morgan fingerprint density at radius 2 is 1.39 bits per heavy atom. The molecule has 3 nitrogen and oxygen atoms in total. The Hall–Kier alpha value is -1.60. The van der Waals surface area contributed by atoms with Crippen LogP contribution in [-0.2, 0) is 9.31 Å². The zero-order valence-electron chi connectivity index (χ0n) is 18.7. The fraction of sp³-hybridized carbons (Fsp3) is 0.280. The molecule has 3 rings (SSSR count). The van der Waals surface area contributed by atoms with E-state index in [2.05, 4.69) is 120 Å². The van der Waals surface area contributed by atoms with Crippen LogP contribution in [0.2, 0.25) is 0 Å². The molecule has 1 fully saturated rings. The van der Waals surface area contributed by atoms with Crippen molar-refractivity contribution < 1.29 is 9.31 Å². The lowest BCUT2D eigenvalue weighted by molar-refractivity contribution is 0.00578. The van der Waals surface area contributed by atoms with E-state index in [1.807, 2.05) is 18.2 Å².